The molecule has 0 amide bonds. The third-order valence-corrected chi connectivity index (χ3v) is 5.93. The number of hydrogen-bond donors (Lipinski definition) is 1. The summed E-state index contributed by atoms with van der Waals surface area (Å²) in [6, 6.07) is 25.8. The average Bonchev–Trinajstić information content (AvgIpc) is 2.81. The minimum atomic E-state index is -0.880. The van der Waals surface area contributed by atoms with Crippen molar-refractivity contribution in [3.63, 3.8) is 0 Å². The number of anilines is 1. The standard InChI is InChI=1S/C26H28N2O3/c1-27(22-11-13-25(14-12-22)31-24-5-3-2-4-6-24)23-15-17-28(18-16-23)19-20-7-9-21(10-8-20)26(29)30/h2-14,23H,15-19H2,1H3,(H,29,30). The van der Waals surface area contributed by atoms with Crippen LogP contribution >= 0.6 is 0 Å². The summed E-state index contributed by atoms with van der Waals surface area (Å²) in [6.07, 6.45) is 2.21. The first-order valence-corrected chi connectivity index (χ1v) is 10.7. The molecule has 0 radical (unpaired) electrons. The molecule has 4 rings (SSSR count). The molecule has 0 aliphatic carbocycles. The van der Waals surface area contributed by atoms with Crippen LogP contribution in [0.4, 0.5) is 5.69 Å². The maximum Gasteiger partial charge on any atom is 0.335 e. The molecule has 31 heavy (non-hydrogen) atoms. The minimum absolute atomic E-state index is 0.337. The second-order valence-electron chi connectivity index (χ2n) is 8.03. The molecule has 3 aromatic rings. The van der Waals surface area contributed by atoms with Gasteiger partial charge in [0.05, 0.1) is 5.56 Å². The molecule has 1 aliphatic heterocycles. The van der Waals surface area contributed by atoms with Gasteiger partial charge in [-0.25, -0.2) is 4.79 Å². The molecule has 0 bridgehead atoms. The summed E-state index contributed by atoms with van der Waals surface area (Å²) in [4.78, 5) is 15.8. The predicted molar refractivity (Wildman–Crippen MR) is 123 cm³/mol. The molecule has 1 heterocycles. The number of nitrogens with zero attached hydrogens (tertiary/aromatic N) is 2. The van der Waals surface area contributed by atoms with E-state index in [0.717, 1.165) is 49.5 Å². The first-order valence-electron chi connectivity index (χ1n) is 10.7. The SMILES string of the molecule is CN(c1ccc(Oc2ccccc2)cc1)C1CCN(Cc2ccc(C(=O)O)cc2)CC1. The lowest BCUT2D eigenvalue weighted by molar-refractivity contribution is 0.0697. The molecule has 1 aliphatic rings. The van der Waals surface area contributed by atoms with Gasteiger partial charge in [0, 0.05) is 38.4 Å². The van der Waals surface area contributed by atoms with Crippen molar-refractivity contribution in [2.24, 2.45) is 0 Å². The van der Waals surface area contributed by atoms with E-state index in [-0.39, 0.29) is 0 Å². The van der Waals surface area contributed by atoms with Gasteiger partial charge < -0.3 is 14.7 Å². The first kappa shape index (κ1) is 20.9. The molecule has 1 saturated heterocycles. The molecule has 5 heteroatoms. The van der Waals surface area contributed by atoms with Gasteiger partial charge in [-0.15, -0.1) is 0 Å². The van der Waals surface area contributed by atoms with Gasteiger partial charge in [-0.05, 0) is 66.9 Å². The van der Waals surface area contributed by atoms with Gasteiger partial charge in [-0.3, -0.25) is 4.90 Å². The Bertz CT molecular complexity index is 979. The fraction of sp³-hybridized carbons (Fsp3) is 0.269. The Balaban J connectivity index is 1.28. The van der Waals surface area contributed by atoms with Crippen LogP contribution in [0.25, 0.3) is 0 Å². The molecule has 0 saturated carbocycles. The normalized spacial score (nSPS) is 14.9. The van der Waals surface area contributed by atoms with Crippen LogP contribution in [-0.2, 0) is 6.54 Å². The van der Waals surface area contributed by atoms with Crippen molar-refractivity contribution < 1.29 is 14.6 Å². The first-order chi connectivity index (χ1) is 15.1. The number of carbonyl (C=O) groups is 1. The highest BCUT2D eigenvalue weighted by atomic mass is 16.5. The van der Waals surface area contributed by atoms with Crippen molar-refractivity contribution in [3.8, 4) is 11.5 Å². The molecule has 0 aromatic heterocycles. The van der Waals surface area contributed by atoms with Gasteiger partial charge in [0.15, 0.2) is 0 Å². The van der Waals surface area contributed by atoms with Crippen molar-refractivity contribution in [1.82, 2.24) is 4.90 Å². The molecular weight excluding hydrogens is 388 g/mol. The van der Waals surface area contributed by atoms with Gasteiger partial charge >= 0.3 is 5.97 Å². The zero-order chi connectivity index (χ0) is 21.6. The quantitative estimate of drug-likeness (QED) is 0.568. The summed E-state index contributed by atoms with van der Waals surface area (Å²) in [5, 5.41) is 9.03. The molecule has 0 unspecified atom stereocenters. The lowest BCUT2D eigenvalue weighted by atomic mass is 10.0. The number of para-hydroxylation sites is 1. The van der Waals surface area contributed by atoms with E-state index in [9.17, 15) is 4.79 Å². The fourth-order valence-electron chi connectivity index (χ4n) is 4.06. The van der Waals surface area contributed by atoms with Crippen LogP contribution < -0.4 is 9.64 Å². The summed E-state index contributed by atoms with van der Waals surface area (Å²) in [7, 11) is 2.16. The lowest BCUT2D eigenvalue weighted by Crippen LogP contribution is -2.43. The van der Waals surface area contributed by atoms with Gasteiger partial charge in [-0.2, -0.15) is 0 Å². The number of carboxylic acid groups (broad SMARTS) is 1. The predicted octanol–water partition coefficient (Wildman–Crippen LogP) is 5.28. The second-order valence-corrected chi connectivity index (χ2v) is 8.03. The number of rotatable bonds is 7. The van der Waals surface area contributed by atoms with Crippen molar-refractivity contribution in [3.05, 3.63) is 90.0 Å². The Morgan fingerprint density at radius 1 is 0.935 bits per heavy atom. The zero-order valence-corrected chi connectivity index (χ0v) is 17.8. The van der Waals surface area contributed by atoms with Gasteiger partial charge in [0.1, 0.15) is 11.5 Å². The van der Waals surface area contributed by atoms with E-state index in [0.29, 0.717) is 11.6 Å². The Labute approximate surface area is 183 Å². The molecule has 5 nitrogen and oxygen atoms in total. The Hall–Kier alpha value is -3.31. The third kappa shape index (κ3) is 5.44. The van der Waals surface area contributed by atoms with E-state index in [1.807, 2.05) is 54.6 Å². The van der Waals surface area contributed by atoms with Crippen LogP contribution in [0.1, 0.15) is 28.8 Å². The summed E-state index contributed by atoms with van der Waals surface area (Å²) in [6.45, 7) is 2.93. The van der Waals surface area contributed by atoms with Crippen LogP contribution in [0.5, 0.6) is 11.5 Å². The smallest absolute Gasteiger partial charge is 0.335 e. The zero-order valence-electron chi connectivity index (χ0n) is 17.8. The fourth-order valence-corrected chi connectivity index (χ4v) is 4.06. The lowest BCUT2D eigenvalue weighted by Gasteiger charge is -2.38. The molecule has 1 fully saturated rings. The summed E-state index contributed by atoms with van der Waals surface area (Å²) in [5.74, 6) is 0.802. The van der Waals surface area contributed by atoms with Crippen LogP contribution in [0.15, 0.2) is 78.9 Å². The second kappa shape index (κ2) is 9.67. The number of ether oxygens (including phenoxy) is 1. The maximum absolute atomic E-state index is 11.0. The van der Waals surface area contributed by atoms with E-state index < -0.39 is 5.97 Å². The Morgan fingerprint density at radius 2 is 1.55 bits per heavy atom. The van der Waals surface area contributed by atoms with Gasteiger partial charge in [-0.1, -0.05) is 30.3 Å². The summed E-state index contributed by atoms with van der Waals surface area (Å²) < 4.78 is 5.89. The Kier molecular flexibility index (Phi) is 6.53. The van der Waals surface area contributed by atoms with Gasteiger partial charge in [0.25, 0.3) is 0 Å². The minimum Gasteiger partial charge on any atom is -0.478 e. The van der Waals surface area contributed by atoms with Crippen molar-refractivity contribution in [1.29, 1.82) is 0 Å². The largest absolute Gasteiger partial charge is 0.478 e. The van der Waals surface area contributed by atoms with Crippen LogP contribution in [0.3, 0.4) is 0 Å². The summed E-state index contributed by atoms with van der Waals surface area (Å²) in [5.41, 5.74) is 2.69. The number of likely N-dealkylation sites (tertiary alicyclic amines) is 1. The van der Waals surface area contributed by atoms with E-state index >= 15 is 0 Å². The van der Waals surface area contributed by atoms with Crippen molar-refractivity contribution in [2.75, 3.05) is 25.0 Å². The number of aromatic carboxylic acids is 1. The molecule has 1 N–H and O–H groups in total. The highest BCUT2D eigenvalue weighted by molar-refractivity contribution is 5.87. The monoisotopic (exact) mass is 416 g/mol. The highest BCUT2D eigenvalue weighted by Crippen LogP contribution is 2.27. The van der Waals surface area contributed by atoms with E-state index in [1.54, 1.807) is 12.1 Å². The van der Waals surface area contributed by atoms with Crippen molar-refractivity contribution in [2.45, 2.75) is 25.4 Å². The molecule has 0 spiro atoms. The van der Waals surface area contributed by atoms with Crippen LogP contribution in [-0.4, -0.2) is 42.2 Å². The maximum atomic E-state index is 11.0. The number of carboxylic acids is 1. The molecular formula is C26H28N2O3. The third-order valence-electron chi connectivity index (χ3n) is 5.93. The molecule has 0 atom stereocenters. The van der Waals surface area contributed by atoms with E-state index in [2.05, 4.69) is 29.0 Å². The van der Waals surface area contributed by atoms with E-state index in [1.165, 1.54) is 5.69 Å². The Morgan fingerprint density at radius 3 is 2.16 bits per heavy atom. The van der Waals surface area contributed by atoms with E-state index in [4.69, 9.17) is 9.84 Å². The number of benzene rings is 3. The molecule has 3 aromatic carbocycles. The highest BCUT2D eigenvalue weighted by Gasteiger charge is 2.23. The average molecular weight is 417 g/mol. The number of hydrogen-bond acceptors (Lipinski definition) is 4. The summed E-state index contributed by atoms with van der Waals surface area (Å²) >= 11 is 0. The van der Waals surface area contributed by atoms with Crippen molar-refractivity contribution >= 4 is 11.7 Å². The molecule has 160 valence electrons. The topological polar surface area (TPSA) is 53.0 Å². The van der Waals surface area contributed by atoms with Gasteiger partial charge in [0.2, 0.25) is 0 Å². The van der Waals surface area contributed by atoms with Crippen LogP contribution in [0.2, 0.25) is 0 Å². The van der Waals surface area contributed by atoms with Crippen LogP contribution in [0, 0.1) is 0 Å². The number of piperidine rings is 1.